The molecule has 19 heavy (non-hydrogen) atoms. The highest BCUT2D eigenvalue weighted by Crippen LogP contribution is 2.21. The Labute approximate surface area is 117 Å². The molecule has 0 aliphatic carbocycles. The first kappa shape index (κ1) is 15.4. The molecule has 0 aromatic carbocycles. The Hall–Kier alpha value is -1.62. The zero-order valence-corrected chi connectivity index (χ0v) is 12.1. The van der Waals surface area contributed by atoms with Gasteiger partial charge in [-0.2, -0.15) is 0 Å². The van der Waals surface area contributed by atoms with E-state index in [1.54, 1.807) is 33.8 Å². The summed E-state index contributed by atoms with van der Waals surface area (Å²) < 4.78 is 0. The molecule has 0 saturated heterocycles. The fourth-order valence-electron chi connectivity index (χ4n) is 1.55. The summed E-state index contributed by atoms with van der Waals surface area (Å²) in [5.41, 5.74) is 0.251. The molecule has 0 bridgehead atoms. The van der Waals surface area contributed by atoms with Crippen molar-refractivity contribution >= 4 is 23.5 Å². The summed E-state index contributed by atoms with van der Waals surface area (Å²) in [6.07, 6.45) is 1.34. The van der Waals surface area contributed by atoms with Gasteiger partial charge in [0.1, 0.15) is 6.04 Å². The molecule has 0 saturated carbocycles. The average Bonchev–Trinajstić information content (AvgIpc) is 2.23. The second kappa shape index (κ2) is 5.57. The number of carbonyl (C=O) groups is 2. The Bertz CT molecular complexity index is 509. The summed E-state index contributed by atoms with van der Waals surface area (Å²) in [6, 6.07) is 0.556. The number of nitrogens with one attached hydrogen (secondary N) is 1. The van der Waals surface area contributed by atoms with Gasteiger partial charge in [-0.15, -0.1) is 0 Å². The van der Waals surface area contributed by atoms with Crippen molar-refractivity contribution in [2.24, 2.45) is 5.41 Å². The maximum absolute atomic E-state index is 12.0. The van der Waals surface area contributed by atoms with E-state index in [1.807, 2.05) is 0 Å². The number of amides is 1. The number of hydrogen-bond donors (Lipinski definition) is 2. The van der Waals surface area contributed by atoms with Crippen molar-refractivity contribution in [2.75, 3.05) is 0 Å². The van der Waals surface area contributed by atoms with Gasteiger partial charge in [0, 0.05) is 11.9 Å². The van der Waals surface area contributed by atoms with Gasteiger partial charge in [0.25, 0.3) is 5.91 Å². The van der Waals surface area contributed by atoms with Crippen LogP contribution in [0, 0.1) is 12.3 Å². The fourth-order valence-corrected chi connectivity index (χ4v) is 1.84. The second-order valence-corrected chi connectivity index (χ2v) is 5.82. The maximum atomic E-state index is 12.0. The summed E-state index contributed by atoms with van der Waals surface area (Å²) in [4.78, 5) is 27.2. The molecule has 1 atom stereocenters. The molecule has 5 nitrogen and oxygen atoms in total. The van der Waals surface area contributed by atoms with E-state index in [2.05, 4.69) is 10.3 Å². The van der Waals surface area contributed by atoms with Gasteiger partial charge in [0.15, 0.2) is 0 Å². The number of aliphatic carboxylic acids is 1. The highest BCUT2D eigenvalue weighted by molar-refractivity contribution is 6.33. The van der Waals surface area contributed by atoms with Gasteiger partial charge in [0.2, 0.25) is 0 Å². The average molecular weight is 285 g/mol. The van der Waals surface area contributed by atoms with Crippen LogP contribution in [-0.4, -0.2) is 28.0 Å². The van der Waals surface area contributed by atoms with E-state index < -0.39 is 23.3 Å². The minimum absolute atomic E-state index is 0.169. The topological polar surface area (TPSA) is 79.3 Å². The lowest BCUT2D eigenvalue weighted by Crippen LogP contribution is -2.49. The molecule has 1 aromatic heterocycles. The lowest BCUT2D eigenvalue weighted by atomic mass is 9.86. The standard InChI is InChI=1S/C13H17ClN2O3/c1-7-5-9(14)8(6-15-7)11(17)16-10(12(18)19)13(2,3)4/h5-6,10H,1-4H3,(H,16,17)(H,18,19)/t10-/m1/s1. The lowest BCUT2D eigenvalue weighted by Gasteiger charge is -2.27. The molecule has 1 amide bonds. The number of pyridine rings is 1. The number of hydrogen-bond acceptors (Lipinski definition) is 3. The smallest absolute Gasteiger partial charge is 0.326 e. The normalized spacial score (nSPS) is 12.9. The summed E-state index contributed by atoms with van der Waals surface area (Å²) in [6.45, 7) is 6.96. The molecule has 104 valence electrons. The van der Waals surface area contributed by atoms with Crippen molar-refractivity contribution in [3.05, 3.63) is 28.5 Å². The van der Waals surface area contributed by atoms with E-state index in [0.717, 1.165) is 0 Å². The van der Waals surface area contributed by atoms with Crippen molar-refractivity contribution in [3.8, 4) is 0 Å². The van der Waals surface area contributed by atoms with Gasteiger partial charge in [-0.1, -0.05) is 32.4 Å². The number of carbonyl (C=O) groups excluding carboxylic acids is 1. The summed E-state index contributed by atoms with van der Waals surface area (Å²) >= 11 is 5.95. The van der Waals surface area contributed by atoms with E-state index in [0.29, 0.717) is 5.69 Å². The number of rotatable bonds is 3. The van der Waals surface area contributed by atoms with Gasteiger partial charge < -0.3 is 10.4 Å². The van der Waals surface area contributed by atoms with Crippen LogP contribution in [-0.2, 0) is 4.79 Å². The van der Waals surface area contributed by atoms with Crippen LogP contribution in [0.4, 0.5) is 0 Å². The van der Waals surface area contributed by atoms with E-state index >= 15 is 0 Å². The van der Waals surface area contributed by atoms with Crippen LogP contribution in [0.2, 0.25) is 5.02 Å². The third kappa shape index (κ3) is 3.92. The van der Waals surface area contributed by atoms with Gasteiger partial charge in [-0.3, -0.25) is 9.78 Å². The molecule has 6 heteroatoms. The quantitative estimate of drug-likeness (QED) is 0.892. The predicted octanol–water partition coefficient (Wildman–Crippen LogP) is 2.27. The second-order valence-electron chi connectivity index (χ2n) is 5.42. The largest absolute Gasteiger partial charge is 0.480 e. The highest BCUT2D eigenvalue weighted by atomic mass is 35.5. The molecule has 1 heterocycles. The van der Waals surface area contributed by atoms with E-state index in [1.165, 1.54) is 6.20 Å². The minimum atomic E-state index is -1.09. The van der Waals surface area contributed by atoms with Crippen LogP contribution in [0.5, 0.6) is 0 Å². The molecule has 0 unspecified atom stereocenters. The van der Waals surface area contributed by atoms with Crippen LogP contribution in [0.25, 0.3) is 0 Å². The SMILES string of the molecule is Cc1cc(Cl)c(C(=O)N[C@H](C(=O)O)C(C)(C)C)cn1. The van der Waals surface area contributed by atoms with E-state index in [-0.39, 0.29) is 10.6 Å². The Morgan fingerprint density at radius 2 is 2.00 bits per heavy atom. The number of halogens is 1. The number of nitrogens with zero attached hydrogens (tertiary/aromatic N) is 1. The highest BCUT2D eigenvalue weighted by Gasteiger charge is 2.33. The van der Waals surface area contributed by atoms with Crippen LogP contribution < -0.4 is 5.32 Å². The molecular formula is C13H17ClN2O3. The molecule has 0 radical (unpaired) electrons. The Morgan fingerprint density at radius 1 is 1.42 bits per heavy atom. The van der Waals surface area contributed by atoms with Crippen molar-refractivity contribution < 1.29 is 14.7 Å². The molecular weight excluding hydrogens is 268 g/mol. The summed E-state index contributed by atoms with van der Waals surface area (Å²) in [7, 11) is 0. The number of carboxylic acids is 1. The van der Waals surface area contributed by atoms with Crippen molar-refractivity contribution in [1.82, 2.24) is 10.3 Å². The Balaban J connectivity index is 2.98. The Morgan fingerprint density at radius 3 is 2.42 bits per heavy atom. The lowest BCUT2D eigenvalue weighted by molar-refractivity contribution is -0.142. The fraction of sp³-hybridized carbons (Fsp3) is 0.462. The first-order valence-corrected chi connectivity index (χ1v) is 6.16. The van der Waals surface area contributed by atoms with Crippen LogP contribution in [0.3, 0.4) is 0 Å². The molecule has 1 rings (SSSR count). The van der Waals surface area contributed by atoms with E-state index in [4.69, 9.17) is 16.7 Å². The minimum Gasteiger partial charge on any atom is -0.480 e. The van der Waals surface area contributed by atoms with E-state index in [9.17, 15) is 9.59 Å². The van der Waals surface area contributed by atoms with Gasteiger partial charge in [-0.25, -0.2) is 4.79 Å². The molecule has 2 N–H and O–H groups in total. The zero-order valence-electron chi connectivity index (χ0n) is 11.3. The molecule has 0 aliphatic rings. The van der Waals surface area contributed by atoms with Gasteiger partial charge >= 0.3 is 5.97 Å². The summed E-state index contributed by atoms with van der Waals surface area (Å²) in [5.74, 6) is -1.63. The Kier molecular flexibility index (Phi) is 4.52. The molecule has 0 fully saturated rings. The molecule has 0 aliphatic heterocycles. The first-order valence-electron chi connectivity index (χ1n) is 5.78. The zero-order chi connectivity index (χ0) is 14.8. The first-order chi connectivity index (χ1) is 8.62. The number of carboxylic acid groups (broad SMARTS) is 1. The number of aromatic nitrogens is 1. The third-order valence-electron chi connectivity index (χ3n) is 2.62. The number of aryl methyl sites for hydroxylation is 1. The maximum Gasteiger partial charge on any atom is 0.326 e. The van der Waals surface area contributed by atoms with Gasteiger partial charge in [0.05, 0.1) is 10.6 Å². The van der Waals surface area contributed by atoms with Crippen molar-refractivity contribution in [1.29, 1.82) is 0 Å². The third-order valence-corrected chi connectivity index (χ3v) is 2.94. The van der Waals surface area contributed by atoms with Crippen LogP contribution >= 0.6 is 11.6 Å². The molecule has 1 aromatic rings. The predicted molar refractivity (Wildman–Crippen MR) is 72.3 cm³/mol. The summed E-state index contributed by atoms with van der Waals surface area (Å²) in [5, 5.41) is 11.9. The monoisotopic (exact) mass is 284 g/mol. The van der Waals surface area contributed by atoms with Crippen molar-refractivity contribution in [3.63, 3.8) is 0 Å². The van der Waals surface area contributed by atoms with Gasteiger partial charge in [-0.05, 0) is 18.4 Å². The molecule has 0 spiro atoms. The van der Waals surface area contributed by atoms with Crippen LogP contribution in [0.15, 0.2) is 12.3 Å². The van der Waals surface area contributed by atoms with Crippen LogP contribution in [0.1, 0.15) is 36.8 Å². The van der Waals surface area contributed by atoms with Crippen molar-refractivity contribution in [2.45, 2.75) is 33.7 Å².